The van der Waals surface area contributed by atoms with E-state index >= 15 is 0 Å². The van der Waals surface area contributed by atoms with Crippen molar-refractivity contribution in [3.05, 3.63) is 18.2 Å². The third kappa shape index (κ3) is 2.44. The number of likely N-dealkylation sites (tertiary alicyclic amines) is 1. The van der Waals surface area contributed by atoms with Crippen LogP contribution >= 0.6 is 0 Å². The number of urea groups is 1. The van der Waals surface area contributed by atoms with Gasteiger partial charge in [0.1, 0.15) is 5.82 Å². The van der Waals surface area contributed by atoms with E-state index in [1.807, 2.05) is 17.7 Å². The molecule has 2 N–H and O–H groups in total. The average Bonchev–Trinajstić information content (AvgIpc) is 3.12. The summed E-state index contributed by atoms with van der Waals surface area (Å²) in [4.78, 5) is 29.7. The SMILES string of the molecule is Cc1nccn1CCNC(=O)N1C[C@@H]2CCC[C@@]2(C(=O)O)C1. The third-order valence-corrected chi connectivity index (χ3v) is 5.14. The van der Waals surface area contributed by atoms with Gasteiger partial charge in [-0.3, -0.25) is 4.79 Å². The highest BCUT2D eigenvalue weighted by Gasteiger charge is 2.55. The number of aliphatic carboxylic acids is 1. The van der Waals surface area contributed by atoms with E-state index in [4.69, 9.17) is 0 Å². The molecule has 7 heteroatoms. The van der Waals surface area contributed by atoms with Gasteiger partial charge in [0.15, 0.2) is 0 Å². The largest absolute Gasteiger partial charge is 0.481 e. The van der Waals surface area contributed by atoms with E-state index in [-0.39, 0.29) is 11.9 Å². The summed E-state index contributed by atoms with van der Waals surface area (Å²) < 4.78 is 1.97. The maximum Gasteiger partial charge on any atom is 0.317 e. The summed E-state index contributed by atoms with van der Waals surface area (Å²) in [6.45, 7) is 3.99. The lowest BCUT2D eigenvalue weighted by Gasteiger charge is -2.23. The lowest BCUT2D eigenvalue weighted by molar-refractivity contribution is -0.149. The molecule has 1 aliphatic heterocycles. The fraction of sp³-hybridized carbons (Fsp3) is 0.667. The van der Waals surface area contributed by atoms with Crippen LogP contribution in [0.5, 0.6) is 0 Å². The number of hydrogen-bond acceptors (Lipinski definition) is 3. The van der Waals surface area contributed by atoms with Crippen LogP contribution in [0, 0.1) is 18.3 Å². The van der Waals surface area contributed by atoms with Crippen molar-refractivity contribution in [2.24, 2.45) is 11.3 Å². The molecule has 3 rings (SSSR count). The Morgan fingerprint density at radius 3 is 3.00 bits per heavy atom. The van der Waals surface area contributed by atoms with E-state index in [2.05, 4.69) is 10.3 Å². The van der Waals surface area contributed by atoms with Gasteiger partial charge in [0.05, 0.1) is 5.41 Å². The Balaban J connectivity index is 1.54. The molecule has 0 radical (unpaired) electrons. The average molecular weight is 306 g/mol. The highest BCUT2D eigenvalue weighted by molar-refractivity contribution is 5.80. The summed E-state index contributed by atoms with van der Waals surface area (Å²) in [5.74, 6) is 0.265. The molecule has 120 valence electrons. The molecule has 0 spiro atoms. The minimum Gasteiger partial charge on any atom is -0.481 e. The van der Waals surface area contributed by atoms with Crippen molar-refractivity contribution in [2.45, 2.75) is 32.7 Å². The standard InChI is InChI=1S/C15H22N4O3/c1-11-16-5-7-18(11)8-6-17-14(22)19-9-12-3-2-4-15(12,10-19)13(20)21/h5,7,12H,2-4,6,8-10H2,1H3,(H,17,22)(H,20,21)/t12-,15+/m0/s1. The molecular weight excluding hydrogens is 284 g/mol. The van der Waals surface area contributed by atoms with Crippen LogP contribution in [0.25, 0.3) is 0 Å². The Hall–Kier alpha value is -2.05. The zero-order valence-electron chi connectivity index (χ0n) is 12.8. The maximum absolute atomic E-state index is 12.3. The van der Waals surface area contributed by atoms with Crippen LogP contribution in [0.1, 0.15) is 25.1 Å². The fourth-order valence-electron chi connectivity index (χ4n) is 3.83. The molecule has 0 unspecified atom stereocenters. The predicted octanol–water partition coefficient (Wildman–Crippen LogP) is 1.09. The molecule has 1 saturated heterocycles. The highest BCUT2D eigenvalue weighted by Crippen LogP contribution is 2.48. The number of carbonyl (C=O) groups is 2. The molecule has 2 atom stereocenters. The number of fused-ring (bicyclic) bond motifs is 1. The molecule has 22 heavy (non-hydrogen) atoms. The van der Waals surface area contributed by atoms with Gasteiger partial charge in [0.2, 0.25) is 0 Å². The number of nitrogens with zero attached hydrogens (tertiary/aromatic N) is 3. The molecule has 7 nitrogen and oxygen atoms in total. The van der Waals surface area contributed by atoms with E-state index in [1.54, 1.807) is 11.1 Å². The number of amides is 2. The first-order valence-electron chi connectivity index (χ1n) is 7.77. The molecule has 1 aromatic rings. The van der Waals surface area contributed by atoms with Gasteiger partial charge in [-0.25, -0.2) is 9.78 Å². The summed E-state index contributed by atoms with van der Waals surface area (Å²) >= 11 is 0. The predicted molar refractivity (Wildman–Crippen MR) is 79.3 cm³/mol. The van der Waals surface area contributed by atoms with Gasteiger partial charge < -0.3 is 19.9 Å². The fourth-order valence-corrected chi connectivity index (χ4v) is 3.83. The molecule has 1 aliphatic carbocycles. The lowest BCUT2D eigenvalue weighted by atomic mass is 9.81. The molecular formula is C15H22N4O3. The normalized spacial score (nSPS) is 27.0. The molecule has 2 fully saturated rings. The van der Waals surface area contributed by atoms with Gasteiger partial charge in [0.25, 0.3) is 0 Å². The summed E-state index contributed by atoms with van der Waals surface area (Å²) in [7, 11) is 0. The number of carbonyl (C=O) groups excluding carboxylic acids is 1. The Labute approximate surface area is 129 Å². The Bertz CT molecular complexity index is 585. The van der Waals surface area contributed by atoms with Crippen LogP contribution in [0.4, 0.5) is 4.79 Å². The first-order valence-corrected chi connectivity index (χ1v) is 7.77. The topological polar surface area (TPSA) is 87.5 Å². The molecule has 0 aromatic carbocycles. The molecule has 1 saturated carbocycles. The van der Waals surface area contributed by atoms with E-state index in [9.17, 15) is 14.7 Å². The molecule has 2 heterocycles. The Morgan fingerprint density at radius 1 is 1.55 bits per heavy atom. The smallest absolute Gasteiger partial charge is 0.317 e. The first-order chi connectivity index (χ1) is 10.5. The summed E-state index contributed by atoms with van der Waals surface area (Å²) in [5.41, 5.74) is -0.710. The number of nitrogens with one attached hydrogen (secondary N) is 1. The second kappa shape index (κ2) is 5.62. The summed E-state index contributed by atoms with van der Waals surface area (Å²) in [5, 5.41) is 12.4. The van der Waals surface area contributed by atoms with Gasteiger partial charge in [-0.05, 0) is 25.7 Å². The second-order valence-electron chi connectivity index (χ2n) is 6.33. The zero-order chi connectivity index (χ0) is 15.7. The van der Waals surface area contributed by atoms with E-state index in [1.165, 1.54) is 0 Å². The molecule has 0 bridgehead atoms. The van der Waals surface area contributed by atoms with Crippen LogP contribution in [0.15, 0.2) is 12.4 Å². The van der Waals surface area contributed by atoms with Crippen LogP contribution in [-0.4, -0.2) is 51.2 Å². The quantitative estimate of drug-likeness (QED) is 0.871. The van der Waals surface area contributed by atoms with Gasteiger partial charge in [-0.1, -0.05) is 6.42 Å². The van der Waals surface area contributed by atoms with Crippen molar-refractivity contribution in [2.75, 3.05) is 19.6 Å². The van der Waals surface area contributed by atoms with Gasteiger partial charge in [-0.2, -0.15) is 0 Å². The lowest BCUT2D eigenvalue weighted by Crippen LogP contribution is -2.42. The van der Waals surface area contributed by atoms with Crippen molar-refractivity contribution < 1.29 is 14.7 Å². The maximum atomic E-state index is 12.3. The number of hydrogen-bond donors (Lipinski definition) is 2. The monoisotopic (exact) mass is 306 g/mol. The number of aryl methyl sites for hydroxylation is 1. The first kappa shape index (κ1) is 14.9. The van der Waals surface area contributed by atoms with Crippen molar-refractivity contribution in [3.63, 3.8) is 0 Å². The van der Waals surface area contributed by atoms with Crippen molar-refractivity contribution in [1.82, 2.24) is 19.8 Å². The van der Waals surface area contributed by atoms with Crippen LogP contribution < -0.4 is 5.32 Å². The number of imidazole rings is 1. The van der Waals surface area contributed by atoms with Gasteiger partial charge >= 0.3 is 12.0 Å². The Morgan fingerprint density at radius 2 is 2.36 bits per heavy atom. The third-order valence-electron chi connectivity index (χ3n) is 5.14. The highest BCUT2D eigenvalue weighted by atomic mass is 16.4. The zero-order valence-corrected chi connectivity index (χ0v) is 12.8. The van der Waals surface area contributed by atoms with Crippen molar-refractivity contribution in [3.8, 4) is 0 Å². The number of carboxylic acid groups (broad SMARTS) is 1. The second-order valence-corrected chi connectivity index (χ2v) is 6.33. The molecule has 1 aromatic heterocycles. The van der Waals surface area contributed by atoms with E-state index < -0.39 is 11.4 Å². The number of aromatic nitrogens is 2. The van der Waals surface area contributed by atoms with E-state index in [0.717, 1.165) is 18.7 Å². The minimum atomic E-state index is -0.751. The van der Waals surface area contributed by atoms with Crippen molar-refractivity contribution >= 4 is 12.0 Å². The number of rotatable bonds is 4. The molecule has 2 amide bonds. The number of carboxylic acids is 1. The Kier molecular flexibility index (Phi) is 3.80. The van der Waals surface area contributed by atoms with Crippen LogP contribution in [0.3, 0.4) is 0 Å². The van der Waals surface area contributed by atoms with Gasteiger partial charge in [0, 0.05) is 38.6 Å². The van der Waals surface area contributed by atoms with Crippen LogP contribution in [-0.2, 0) is 11.3 Å². The molecule has 2 aliphatic rings. The van der Waals surface area contributed by atoms with Crippen LogP contribution in [0.2, 0.25) is 0 Å². The summed E-state index contributed by atoms with van der Waals surface area (Å²) in [6, 6.07) is -0.159. The van der Waals surface area contributed by atoms with Crippen molar-refractivity contribution in [1.29, 1.82) is 0 Å². The minimum absolute atomic E-state index is 0.103. The summed E-state index contributed by atoms with van der Waals surface area (Å²) in [6.07, 6.45) is 6.15. The van der Waals surface area contributed by atoms with E-state index in [0.29, 0.717) is 32.6 Å². The van der Waals surface area contributed by atoms with Gasteiger partial charge in [-0.15, -0.1) is 0 Å².